The van der Waals surface area contributed by atoms with Gasteiger partial charge in [0.05, 0.1) is 10.6 Å². The highest BCUT2D eigenvalue weighted by molar-refractivity contribution is 8.18. The van der Waals surface area contributed by atoms with Gasteiger partial charge in [-0.2, -0.15) is 10.1 Å². The van der Waals surface area contributed by atoms with Gasteiger partial charge in [-0.1, -0.05) is 13.8 Å². The molecular weight excluding hydrogens is 296 g/mol. The number of likely N-dealkylation sites (tertiary alicyclic amines) is 1. The number of hydrogen-bond acceptors (Lipinski definition) is 4. The number of hydrogen-bond donors (Lipinski definition) is 0. The predicted molar refractivity (Wildman–Crippen MR) is 90.7 cm³/mol. The van der Waals surface area contributed by atoms with E-state index in [1.807, 2.05) is 19.3 Å². The summed E-state index contributed by atoms with van der Waals surface area (Å²) in [6, 6.07) is 0. The van der Waals surface area contributed by atoms with Crippen molar-refractivity contribution < 1.29 is 4.79 Å². The van der Waals surface area contributed by atoms with Crippen LogP contribution in [0.15, 0.2) is 16.1 Å². The first kappa shape index (κ1) is 15.3. The maximum atomic E-state index is 12.2. The van der Waals surface area contributed by atoms with E-state index in [0.29, 0.717) is 10.8 Å². The summed E-state index contributed by atoms with van der Waals surface area (Å²) in [6.45, 7) is 6.25. The highest BCUT2D eigenvalue weighted by atomic mass is 32.2. The lowest BCUT2D eigenvalue weighted by atomic mass is 10.1. The largest absolute Gasteiger partial charge is 0.351 e. The van der Waals surface area contributed by atoms with Gasteiger partial charge in [0.1, 0.15) is 0 Å². The minimum atomic E-state index is -0.121. The summed E-state index contributed by atoms with van der Waals surface area (Å²) in [7, 11) is 1.91. The van der Waals surface area contributed by atoms with Crippen LogP contribution in [-0.2, 0) is 11.8 Å². The fourth-order valence-electron chi connectivity index (χ4n) is 2.84. The van der Waals surface area contributed by atoms with Gasteiger partial charge in [-0.05, 0) is 43.0 Å². The third kappa shape index (κ3) is 3.11. The molecule has 118 valence electrons. The molecular formula is C16H22N4OS. The average Bonchev–Trinajstić information content (AvgIpc) is 3.04. The van der Waals surface area contributed by atoms with Crippen molar-refractivity contribution in [1.29, 1.82) is 0 Å². The second kappa shape index (κ2) is 6.28. The molecule has 0 atom stereocenters. The van der Waals surface area contributed by atoms with Crippen molar-refractivity contribution in [2.45, 2.75) is 39.0 Å². The molecule has 6 heteroatoms. The topological polar surface area (TPSA) is 50.5 Å². The molecule has 5 nitrogen and oxygen atoms in total. The highest BCUT2D eigenvalue weighted by Crippen LogP contribution is 2.32. The maximum absolute atomic E-state index is 12.2. The highest BCUT2D eigenvalue weighted by Gasteiger charge is 2.27. The Morgan fingerprint density at radius 3 is 2.68 bits per heavy atom. The van der Waals surface area contributed by atoms with Crippen LogP contribution in [0, 0.1) is 0 Å². The van der Waals surface area contributed by atoms with Crippen molar-refractivity contribution in [3.63, 3.8) is 0 Å². The number of amides is 1. The molecule has 0 bridgehead atoms. The average molecular weight is 318 g/mol. The van der Waals surface area contributed by atoms with Gasteiger partial charge in [0.15, 0.2) is 5.17 Å². The van der Waals surface area contributed by atoms with Gasteiger partial charge >= 0.3 is 0 Å². The molecule has 1 saturated heterocycles. The van der Waals surface area contributed by atoms with E-state index in [1.165, 1.54) is 31.0 Å². The Balaban J connectivity index is 1.80. The number of thioether (sulfide) groups is 1. The van der Waals surface area contributed by atoms with E-state index in [-0.39, 0.29) is 5.91 Å². The summed E-state index contributed by atoms with van der Waals surface area (Å²) >= 11 is 1.50. The smallest absolute Gasteiger partial charge is 0.286 e. The molecule has 1 aromatic rings. The molecule has 2 aliphatic heterocycles. The molecule has 3 heterocycles. The summed E-state index contributed by atoms with van der Waals surface area (Å²) in [4.78, 5) is 19.4. The number of amidine groups is 1. The van der Waals surface area contributed by atoms with E-state index in [1.54, 1.807) is 4.68 Å². The lowest BCUT2D eigenvalue weighted by molar-refractivity contribution is -0.113. The van der Waals surface area contributed by atoms with Gasteiger partial charge < -0.3 is 4.90 Å². The Labute approximate surface area is 135 Å². The minimum Gasteiger partial charge on any atom is -0.351 e. The van der Waals surface area contributed by atoms with E-state index < -0.39 is 0 Å². The quantitative estimate of drug-likeness (QED) is 0.787. The van der Waals surface area contributed by atoms with E-state index in [0.717, 1.165) is 29.5 Å². The van der Waals surface area contributed by atoms with E-state index in [4.69, 9.17) is 0 Å². The molecule has 0 radical (unpaired) electrons. The summed E-state index contributed by atoms with van der Waals surface area (Å²) in [5.74, 6) is 0.209. The number of piperidine rings is 1. The van der Waals surface area contributed by atoms with E-state index in [9.17, 15) is 4.79 Å². The van der Waals surface area contributed by atoms with Gasteiger partial charge in [0.2, 0.25) is 0 Å². The third-order valence-corrected chi connectivity index (χ3v) is 5.00. The number of carbonyl (C=O) groups is 1. The first-order valence-corrected chi connectivity index (χ1v) is 8.67. The van der Waals surface area contributed by atoms with Gasteiger partial charge in [-0.25, -0.2) is 0 Å². The van der Waals surface area contributed by atoms with Crippen molar-refractivity contribution in [2.75, 3.05) is 13.1 Å². The van der Waals surface area contributed by atoms with Crippen LogP contribution in [-0.4, -0.2) is 38.8 Å². The molecule has 3 rings (SSSR count). The van der Waals surface area contributed by atoms with Crippen molar-refractivity contribution in [2.24, 2.45) is 12.0 Å². The number of aliphatic imine (C=N–C) groups is 1. The molecule has 0 saturated carbocycles. The summed E-state index contributed by atoms with van der Waals surface area (Å²) in [6.07, 6.45) is 7.56. The zero-order valence-corrected chi connectivity index (χ0v) is 14.2. The van der Waals surface area contributed by atoms with Crippen molar-refractivity contribution in [1.82, 2.24) is 14.7 Å². The van der Waals surface area contributed by atoms with Crippen LogP contribution >= 0.6 is 11.8 Å². The molecule has 0 N–H and O–H groups in total. The SMILES string of the molecule is CC(C)c1nn(C)cc1/C=C1/SC(N2CCCCC2)=NC1=O. The van der Waals surface area contributed by atoms with Gasteiger partial charge in [-0.15, -0.1) is 0 Å². The minimum absolute atomic E-state index is 0.121. The number of carbonyl (C=O) groups excluding carboxylic acids is 1. The number of rotatable bonds is 2. The second-order valence-corrected chi connectivity index (χ2v) is 7.17. The van der Waals surface area contributed by atoms with Crippen LogP contribution in [0.4, 0.5) is 0 Å². The lowest BCUT2D eigenvalue weighted by Gasteiger charge is -2.27. The van der Waals surface area contributed by atoms with Crippen molar-refractivity contribution in [3.05, 3.63) is 22.4 Å². The first-order valence-electron chi connectivity index (χ1n) is 7.85. The standard InChI is InChI=1S/C16H22N4OS/c1-11(2)14-12(10-19(3)18-14)9-13-15(21)17-16(22-13)20-7-5-4-6-8-20/h9-11H,4-8H2,1-3H3/b13-9+. The Morgan fingerprint density at radius 1 is 1.27 bits per heavy atom. The van der Waals surface area contributed by atoms with Crippen LogP contribution in [0.2, 0.25) is 0 Å². The molecule has 1 fully saturated rings. The zero-order valence-electron chi connectivity index (χ0n) is 13.4. The Kier molecular flexibility index (Phi) is 4.38. The van der Waals surface area contributed by atoms with Crippen LogP contribution in [0.25, 0.3) is 6.08 Å². The molecule has 0 aromatic carbocycles. The molecule has 0 aliphatic carbocycles. The van der Waals surface area contributed by atoms with Crippen molar-refractivity contribution >= 4 is 28.9 Å². The predicted octanol–water partition coefficient (Wildman–Crippen LogP) is 3.00. The van der Waals surface area contributed by atoms with E-state index in [2.05, 4.69) is 28.8 Å². The van der Waals surface area contributed by atoms with E-state index >= 15 is 0 Å². The first-order chi connectivity index (χ1) is 10.5. The fourth-order valence-corrected chi connectivity index (χ4v) is 3.80. The fraction of sp³-hybridized carbons (Fsp3) is 0.562. The van der Waals surface area contributed by atoms with Crippen LogP contribution in [0.5, 0.6) is 0 Å². The number of aryl methyl sites for hydroxylation is 1. The normalized spacial score (nSPS) is 21.1. The monoisotopic (exact) mass is 318 g/mol. The van der Waals surface area contributed by atoms with Gasteiger partial charge in [0.25, 0.3) is 5.91 Å². The van der Waals surface area contributed by atoms with Gasteiger partial charge in [-0.3, -0.25) is 9.48 Å². The molecule has 0 unspecified atom stereocenters. The third-order valence-electron chi connectivity index (χ3n) is 3.96. The zero-order chi connectivity index (χ0) is 15.7. The summed E-state index contributed by atoms with van der Waals surface area (Å²) < 4.78 is 1.80. The molecule has 22 heavy (non-hydrogen) atoms. The van der Waals surface area contributed by atoms with Gasteiger partial charge in [0, 0.05) is 31.9 Å². The Bertz CT molecular complexity index is 639. The van der Waals surface area contributed by atoms with Crippen LogP contribution < -0.4 is 0 Å². The number of aromatic nitrogens is 2. The Morgan fingerprint density at radius 2 is 2.00 bits per heavy atom. The molecule has 1 amide bonds. The second-order valence-electron chi connectivity index (χ2n) is 6.16. The summed E-state index contributed by atoms with van der Waals surface area (Å²) in [5, 5.41) is 5.36. The van der Waals surface area contributed by atoms with Crippen molar-refractivity contribution in [3.8, 4) is 0 Å². The van der Waals surface area contributed by atoms with Crippen LogP contribution in [0.3, 0.4) is 0 Å². The molecule has 2 aliphatic rings. The molecule has 0 spiro atoms. The summed E-state index contributed by atoms with van der Waals surface area (Å²) in [5.41, 5.74) is 2.04. The van der Waals surface area contributed by atoms with Crippen LogP contribution in [0.1, 0.15) is 50.3 Å². The lowest BCUT2D eigenvalue weighted by Crippen LogP contribution is -2.33. The molecule has 1 aromatic heterocycles. The maximum Gasteiger partial charge on any atom is 0.286 e. The number of nitrogens with zero attached hydrogens (tertiary/aromatic N) is 4. The Hall–Kier alpha value is -1.56.